The fourth-order valence-electron chi connectivity index (χ4n) is 9.09. The van der Waals surface area contributed by atoms with E-state index in [-0.39, 0.29) is 24.7 Å². The first kappa shape index (κ1) is 38.1. The van der Waals surface area contributed by atoms with E-state index in [0.29, 0.717) is 0 Å². The Hall–Kier alpha value is -3.34. The third kappa shape index (κ3) is 5.66. The van der Waals surface area contributed by atoms with Gasteiger partial charge in [0.2, 0.25) is 0 Å². The molecule has 1 heterocycles. The van der Waals surface area contributed by atoms with Crippen LogP contribution in [0.3, 0.4) is 0 Å². The zero-order chi connectivity index (χ0) is 34.8. The van der Waals surface area contributed by atoms with Gasteiger partial charge in [0.15, 0.2) is 17.8 Å². The van der Waals surface area contributed by atoms with Crippen LogP contribution in [0.1, 0.15) is 81.1 Å². The molecule has 5 N–H and O–H groups in total. The minimum Gasteiger partial charge on any atom is -0.463 e. The van der Waals surface area contributed by atoms with Gasteiger partial charge in [0.05, 0.1) is 17.4 Å². The van der Waals surface area contributed by atoms with Crippen molar-refractivity contribution in [2.24, 2.45) is 23.2 Å². The molecule has 3 aliphatic carbocycles. The van der Waals surface area contributed by atoms with Crippen LogP contribution in [0, 0.1) is 23.2 Å². The summed E-state index contributed by atoms with van der Waals surface area (Å²) in [6, 6.07) is 0. The molecule has 0 amide bonds. The van der Waals surface area contributed by atoms with E-state index in [9.17, 15) is 44.1 Å². The largest absolute Gasteiger partial charge is 0.463 e. The smallest absolute Gasteiger partial charge is 0.307 e. The minimum atomic E-state index is -2.48. The first-order chi connectivity index (χ1) is 21.1. The topological polar surface area (TPSA) is 250 Å². The Morgan fingerprint density at radius 3 is 1.89 bits per heavy atom. The lowest BCUT2D eigenvalue weighted by atomic mass is 9.55. The van der Waals surface area contributed by atoms with Crippen LogP contribution in [0.2, 0.25) is 0 Å². The van der Waals surface area contributed by atoms with Gasteiger partial charge in [0, 0.05) is 51.9 Å². The second kappa shape index (κ2) is 12.6. The van der Waals surface area contributed by atoms with Crippen molar-refractivity contribution in [1.29, 1.82) is 0 Å². The maximum Gasteiger partial charge on any atom is 0.307 e. The van der Waals surface area contributed by atoms with Gasteiger partial charge in [0.1, 0.15) is 30.0 Å². The normalized spacial score (nSPS) is 41.3. The second-order valence-electron chi connectivity index (χ2n) is 13.6. The molecule has 0 unspecified atom stereocenters. The van der Waals surface area contributed by atoms with E-state index in [1.54, 1.807) is 0 Å². The lowest BCUT2D eigenvalue weighted by Crippen LogP contribution is -2.72. The van der Waals surface area contributed by atoms with Crippen LogP contribution >= 0.6 is 0 Å². The molecule has 16 nitrogen and oxygen atoms in total. The van der Waals surface area contributed by atoms with Gasteiger partial charge in [-0.25, -0.2) is 0 Å². The van der Waals surface area contributed by atoms with Crippen molar-refractivity contribution >= 4 is 35.8 Å². The lowest BCUT2D eigenvalue weighted by molar-refractivity contribution is -0.272. The summed E-state index contributed by atoms with van der Waals surface area (Å²) in [7, 11) is 0. The monoisotopic (exact) mass is 674 g/mol. The predicted octanol–water partition coefficient (Wildman–Crippen LogP) is -0.564. The number of hydrogen-bond acceptors (Lipinski definition) is 15. The van der Waals surface area contributed by atoms with Gasteiger partial charge in [0.25, 0.3) is 0 Å². The summed E-state index contributed by atoms with van der Waals surface area (Å²) >= 11 is 0. The van der Waals surface area contributed by atoms with E-state index in [2.05, 4.69) is 0 Å². The molecule has 16 heteroatoms. The summed E-state index contributed by atoms with van der Waals surface area (Å²) < 4.78 is 34.8. The molecule has 1 aliphatic heterocycles. The standard InChI is InChI=1S/C31H44O15.H2O/c1-9-21(36)45-23-18-10-11-19-29(8,40)20-12-22(37)46-31(20,27(6,38)13-41-14(2)32)25(43-16(4)34)24(42-15(3)33)30(19,23)26(28(18,7)39)44-17(5)35;/h18-20,23-26,38-40H,9-13H2,1-8H3;1H2/t18-,19+,20+,23-,24-,25-,26+,27+,28+,29-,30+,31+;/m1./s1. The Morgan fingerprint density at radius 2 is 1.38 bits per heavy atom. The average Bonchev–Trinajstić information content (AvgIpc) is 3.33. The third-order valence-corrected chi connectivity index (χ3v) is 10.6. The number of fused-ring (bicyclic) bond motifs is 2. The zero-order valence-electron chi connectivity index (χ0n) is 27.8. The zero-order valence-corrected chi connectivity index (χ0v) is 27.8. The molecule has 0 aromatic carbocycles. The highest BCUT2D eigenvalue weighted by Gasteiger charge is 2.86. The van der Waals surface area contributed by atoms with Crippen molar-refractivity contribution < 1.29 is 78.0 Å². The molecule has 266 valence electrons. The Bertz CT molecular complexity index is 1300. The number of carbonyl (C=O) groups is 6. The van der Waals surface area contributed by atoms with Crippen molar-refractivity contribution in [1.82, 2.24) is 0 Å². The highest BCUT2D eigenvalue weighted by Crippen LogP contribution is 2.71. The maximum atomic E-state index is 13.3. The van der Waals surface area contributed by atoms with E-state index in [4.69, 9.17) is 28.4 Å². The predicted molar refractivity (Wildman–Crippen MR) is 155 cm³/mol. The van der Waals surface area contributed by atoms with Gasteiger partial charge in [-0.3, -0.25) is 28.8 Å². The molecule has 0 radical (unpaired) electrons. The molecule has 1 spiro atoms. The number of ether oxygens (including phenoxy) is 6. The van der Waals surface area contributed by atoms with Crippen LogP contribution < -0.4 is 0 Å². The van der Waals surface area contributed by atoms with Crippen molar-refractivity contribution in [3.05, 3.63) is 0 Å². The summed E-state index contributed by atoms with van der Waals surface area (Å²) in [6.07, 6.45) is -7.49. The number of hydrogen-bond donors (Lipinski definition) is 3. The third-order valence-electron chi connectivity index (χ3n) is 10.6. The van der Waals surface area contributed by atoms with Crippen LogP contribution in [0.25, 0.3) is 0 Å². The Kier molecular flexibility index (Phi) is 10.2. The molecule has 4 rings (SSSR count). The van der Waals surface area contributed by atoms with Crippen LogP contribution in [0.4, 0.5) is 0 Å². The number of carbonyl (C=O) groups excluding carboxylic acids is 6. The second-order valence-corrected chi connectivity index (χ2v) is 13.6. The highest BCUT2D eigenvalue weighted by atomic mass is 16.6. The number of rotatable bonds is 8. The Morgan fingerprint density at radius 1 is 0.830 bits per heavy atom. The molecular weight excluding hydrogens is 628 g/mol. The molecule has 1 saturated heterocycles. The van der Waals surface area contributed by atoms with E-state index in [1.165, 1.54) is 20.8 Å². The van der Waals surface area contributed by atoms with Crippen molar-refractivity contribution in [3.8, 4) is 0 Å². The molecule has 4 aliphatic rings. The molecule has 47 heavy (non-hydrogen) atoms. The first-order valence-electron chi connectivity index (χ1n) is 15.4. The summed E-state index contributed by atoms with van der Waals surface area (Å²) in [6.45, 7) is 8.77. The Balaban J connectivity index is 0.00000600. The summed E-state index contributed by atoms with van der Waals surface area (Å²) in [5.41, 5.74) is -11.1. The highest BCUT2D eigenvalue weighted by molar-refractivity contribution is 5.75. The summed E-state index contributed by atoms with van der Waals surface area (Å²) in [5, 5.41) is 37.2. The summed E-state index contributed by atoms with van der Waals surface area (Å²) in [5.74, 6) is -8.93. The molecule has 3 saturated carbocycles. The van der Waals surface area contributed by atoms with Gasteiger partial charge in [-0.15, -0.1) is 0 Å². The van der Waals surface area contributed by atoms with Gasteiger partial charge >= 0.3 is 35.8 Å². The first-order valence-corrected chi connectivity index (χ1v) is 15.4. The van der Waals surface area contributed by atoms with Gasteiger partial charge in [-0.2, -0.15) is 0 Å². The molecule has 2 bridgehead atoms. The molecule has 0 aromatic heterocycles. The number of aliphatic hydroxyl groups is 3. The summed E-state index contributed by atoms with van der Waals surface area (Å²) in [4.78, 5) is 76.9. The van der Waals surface area contributed by atoms with E-state index < -0.39 is 119 Å². The number of esters is 6. The molecule has 12 atom stereocenters. The molecular formula is C31H46O16. The van der Waals surface area contributed by atoms with Gasteiger partial charge in [-0.1, -0.05) is 6.92 Å². The minimum absolute atomic E-state index is 0. The van der Waals surface area contributed by atoms with Gasteiger partial charge in [-0.05, 0) is 33.6 Å². The fraction of sp³-hybridized carbons (Fsp3) is 0.806. The Labute approximate surface area is 271 Å². The fourth-order valence-corrected chi connectivity index (χ4v) is 9.09. The SMILES string of the molecule is CCC(=O)O[C@@H]1[C@H]2CC[C@H]3[C@@](C)(O)[C@@H]4CC(=O)O[C@]4([C@@](C)(O)COC(C)=O)[C@H](OC(C)=O)[C@@H](OC(C)=O)[C@@]13[C@@H](OC(C)=O)[C@@]2(C)O.O. The molecule has 4 fully saturated rings. The van der Waals surface area contributed by atoms with Crippen LogP contribution in [-0.2, 0) is 57.2 Å². The van der Waals surface area contributed by atoms with Crippen molar-refractivity contribution in [2.75, 3.05) is 6.61 Å². The molecule has 0 aromatic rings. The van der Waals surface area contributed by atoms with Gasteiger partial charge < -0.3 is 49.2 Å². The van der Waals surface area contributed by atoms with Crippen LogP contribution in [0.5, 0.6) is 0 Å². The average molecular weight is 675 g/mol. The van der Waals surface area contributed by atoms with E-state index in [1.807, 2.05) is 0 Å². The van der Waals surface area contributed by atoms with Crippen LogP contribution in [0.15, 0.2) is 0 Å². The van der Waals surface area contributed by atoms with E-state index >= 15 is 0 Å². The lowest BCUT2D eigenvalue weighted by Gasteiger charge is -2.54. The quantitative estimate of drug-likeness (QED) is 0.215. The van der Waals surface area contributed by atoms with Crippen LogP contribution in [-0.4, -0.2) is 110 Å². The van der Waals surface area contributed by atoms with E-state index in [0.717, 1.165) is 34.6 Å². The maximum absolute atomic E-state index is 13.3. The van der Waals surface area contributed by atoms with Crippen molar-refractivity contribution in [2.45, 2.75) is 128 Å². The van der Waals surface area contributed by atoms with Crippen molar-refractivity contribution in [3.63, 3.8) is 0 Å².